The van der Waals surface area contributed by atoms with E-state index in [2.05, 4.69) is 5.32 Å². The van der Waals surface area contributed by atoms with Crippen molar-refractivity contribution < 1.29 is 17.9 Å². The minimum Gasteiger partial charge on any atom is -0.482 e. The van der Waals surface area contributed by atoms with E-state index in [1.165, 1.54) is 23.5 Å². The van der Waals surface area contributed by atoms with Gasteiger partial charge in [0.25, 0.3) is 15.9 Å². The molecule has 1 N–H and O–H groups in total. The quantitative estimate of drug-likeness (QED) is 0.926. The van der Waals surface area contributed by atoms with Crippen LogP contribution in [0.3, 0.4) is 0 Å². The van der Waals surface area contributed by atoms with Crippen LogP contribution in [-0.4, -0.2) is 28.0 Å². The Balaban J connectivity index is 2.03. The smallest absolute Gasteiger partial charge is 0.264 e. The highest BCUT2D eigenvalue weighted by molar-refractivity contribution is 7.92. The maximum Gasteiger partial charge on any atom is 0.264 e. The molecule has 0 fully saturated rings. The molecule has 126 valence electrons. The number of amides is 1. The minimum absolute atomic E-state index is 0.0680. The Morgan fingerprint density at radius 1 is 1.12 bits per heavy atom. The predicted molar refractivity (Wildman–Crippen MR) is 92.1 cm³/mol. The van der Waals surface area contributed by atoms with Crippen LogP contribution in [-0.2, 0) is 14.8 Å². The predicted octanol–water partition coefficient (Wildman–Crippen LogP) is 2.46. The van der Waals surface area contributed by atoms with Gasteiger partial charge in [-0.1, -0.05) is 12.1 Å². The highest BCUT2D eigenvalue weighted by atomic mass is 32.2. The number of nitrogens with zero attached hydrogens (tertiary/aromatic N) is 1. The van der Waals surface area contributed by atoms with Gasteiger partial charge in [0.05, 0.1) is 16.3 Å². The Morgan fingerprint density at radius 2 is 1.88 bits per heavy atom. The van der Waals surface area contributed by atoms with Crippen LogP contribution in [0.4, 0.5) is 11.4 Å². The summed E-state index contributed by atoms with van der Waals surface area (Å²) in [6.07, 6.45) is 0. The molecule has 7 heteroatoms. The van der Waals surface area contributed by atoms with Crippen molar-refractivity contribution in [2.45, 2.75) is 18.7 Å². The van der Waals surface area contributed by atoms with Crippen LogP contribution >= 0.6 is 0 Å². The molecule has 0 aliphatic carbocycles. The molecule has 0 radical (unpaired) electrons. The van der Waals surface area contributed by atoms with Crippen LogP contribution in [0.25, 0.3) is 0 Å². The highest BCUT2D eigenvalue weighted by Gasteiger charge is 2.25. The lowest BCUT2D eigenvalue weighted by Gasteiger charge is -2.23. The molecule has 1 heterocycles. The maximum absolute atomic E-state index is 12.9. The van der Waals surface area contributed by atoms with E-state index in [1.807, 2.05) is 32.0 Å². The van der Waals surface area contributed by atoms with Crippen LogP contribution in [0.2, 0.25) is 0 Å². The van der Waals surface area contributed by atoms with Crippen molar-refractivity contribution in [3.05, 3.63) is 47.5 Å². The van der Waals surface area contributed by atoms with Crippen molar-refractivity contribution in [3.63, 3.8) is 0 Å². The number of benzene rings is 2. The molecule has 0 aromatic heterocycles. The summed E-state index contributed by atoms with van der Waals surface area (Å²) in [4.78, 5) is 11.5. The zero-order valence-corrected chi connectivity index (χ0v) is 14.5. The Morgan fingerprint density at radius 3 is 2.62 bits per heavy atom. The number of carbonyl (C=O) groups excluding carboxylic acids is 1. The van der Waals surface area contributed by atoms with Crippen molar-refractivity contribution >= 4 is 27.3 Å². The minimum atomic E-state index is -3.76. The van der Waals surface area contributed by atoms with Crippen molar-refractivity contribution in [3.8, 4) is 5.75 Å². The van der Waals surface area contributed by atoms with Gasteiger partial charge in [0, 0.05) is 7.05 Å². The number of hydrogen-bond acceptors (Lipinski definition) is 4. The molecule has 1 aliphatic heterocycles. The number of aryl methyl sites for hydroxylation is 2. The molecule has 2 aromatic carbocycles. The summed E-state index contributed by atoms with van der Waals surface area (Å²) >= 11 is 0. The number of rotatable bonds is 3. The molecular formula is C17H18N2O4S. The summed E-state index contributed by atoms with van der Waals surface area (Å²) in [7, 11) is -2.24. The fraction of sp³-hybridized carbons (Fsp3) is 0.235. The zero-order chi connectivity index (χ0) is 17.5. The van der Waals surface area contributed by atoms with E-state index < -0.39 is 10.0 Å². The first-order valence-electron chi connectivity index (χ1n) is 7.42. The largest absolute Gasteiger partial charge is 0.482 e. The molecule has 0 spiro atoms. The van der Waals surface area contributed by atoms with Gasteiger partial charge in [-0.2, -0.15) is 0 Å². The van der Waals surface area contributed by atoms with E-state index in [4.69, 9.17) is 4.74 Å². The fourth-order valence-electron chi connectivity index (χ4n) is 2.57. The normalized spacial score (nSPS) is 13.7. The lowest BCUT2D eigenvalue weighted by atomic mass is 10.1. The SMILES string of the molecule is Cc1ccc(C)c(N(C)S(=O)(=O)c2ccc3c(c2)NC(=O)CO3)c1. The standard InChI is InChI=1S/C17H18N2O4S/c1-11-4-5-12(2)15(8-11)19(3)24(21,22)13-6-7-16-14(9-13)18-17(20)10-23-16/h4-9H,10H2,1-3H3,(H,18,20). The van der Waals surface area contributed by atoms with Gasteiger partial charge in [-0.25, -0.2) is 8.42 Å². The molecule has 0 saturated carbocycles. The van der Waals surface area contributed by atoms with Gasteiger partial charge in [0.2, 0.25) is 0 Å². The lowest BCUT2D eigenvalue weighted by Crippen LogP contribution is -2.28. The number of sulfonamides is 1. The van der Waals surface area contributed by atoms with Crippen LogP contribution in [0.5, 0.6) is 5.75 Å². The van der Waals surface area contributed by atoms with Crippen LogP contribution < -0.4 is 14.4 Å². The van der Waals surface area contributed by atoms with E-state index in [0.717, 1.165) is 11.1 Å². The van der Waals surface area contributed by atoms with Gasteiger partial charge < -0.3 is 10.1 Å². The highest BCUT2D eigenvalue weighted by Crippen LogP contribution is 2.32. The van der Waals surface area contributed by atoms with Crippen LogP contribution in [0, 0.1) is 13.8 Å². The first-order chi connectivity index (χ1) is 11.3. The number of carbonyl (C=O) groups is 1. The summed E-state index contributed by atoms with van der Waals surface area (Å²) < 4.78 is 32.4. The second-order valence-corrected chi connectivity index (χ2v) is 7.73. The molecule has 0 bridgehead atoms. The first-order valence-corrected chi connectivity index (χ1v) is 8.86. The summed E-state index contributed by atoms with van der Waals surface area (Å²) in [5, 5.41) is 2.62. The second-order valence-electron chi connectivity index (χ2n) is 5.76. The molecule has 1 aliphatic rings. The Kier molecular flexibility index (Phi) is 3.96. The average Bonchev–Trinajstić information content (AvgIpc) is 2.55. The third-order valence-corrected chi connectivity index (χ3v) is 5.71. The van der Waals surface area contributed by atoms with E-state index >= 15 is 0 Å². The van der Waals surface area contributed by atoms with Crippen molar-refractivity contribution in [1.82, 2.24) is 0 Å². The summed E-state index contributed by atoms with van der Waals surface area (Å²) in [6, 6.07) is 10.1. The number of nitrogens with one attached hydrogen (secondary N) is 1. The summed E-state index contributed by atoms with van der Waals surface area (Å²) in [6.45, 7) is 3.71. The molecular weight excluding hydrogens is 328 g/mol. The van der Waals surface area contributed by atoms with E-state index in [0.29, 0.717) is 17.1 Å². The first kappa shape index (κ1) is 16.3. The van der Waals surface area contributed by atoms with E-state index in [9.17, 15) is 13.2 Å². The molecule has 24 heavy (non-hydrogen) atoms. The van der Waals surface area contributed by atoms with Crippen LogP contribution in [0.15, 0.2) is 41.3 Å². The van der Waals surface area contributed by atoms with Gasteiger partial charge in [-0.15, -0.1) is 0 Å². The lowest BCUT2D eigenvalue weighted by molar-refractivity contribution is -0.118. The molecule has 6 nitrogen and oxygen atoms in total. The van der Waals surface area contributed by atoms with Gasteiger partial charge in [-0.05, 0) is 49.2 Å². The van der Waals surface area contributed by atoms with Crippen molar-refractivity contribution in [2.24, 2.45) is 0 Å². The molecule has 2 aromatic rings. The monoisotopic (exact) mass is 346 g/mol. The Hall–Kier alpha value is -2.54. The maximum atomic E-state index is 12.9. The summed E-state index contributed by atoms with van der Waals surface area (Å²) in [5.74, 6) is 0.155. The van der Waals surface area contributed by atoms with Crippen LogP contribution in [0.1, 0.15) is 11.1 Å². The second kappa shape index (κ2) is 5.83. The van der Waals surface area contributed by atoms with Crippen molar-refractivity contribution in [2.75, 3.05) is 23.3 Å². The van der Waals surface area contributed by atoms with E-state index in [1.54, 1.807) is 6.07 Å². The van der Waals surface area contributed by atoms with Crippen molar-refractivity contribution in [1.29, 1.82) is 0 Å². The van der Waals surface area contributed by atoms with Gasteiger partial charge in [0.15, 0.2) is 6.61 Å². The molecule has 3 rings (SSSR count). The zero-order valence-electron chi connectivity index (χ0n) is 13.7. The number of ether oxygens (including phenoxy) is 1. The van der Waals surface area contributed by atoms with Gasteiger partial charge in [0.1, 0.15) is 5.75 Å². The molecule has 0 saturated heterocycles. The van der Waals surface area contributed by atoms with Gasteiger partial charge in [-0.3, -0.25) is 9.10 Å². The number of fused-ring (bicyclic) bond motifs is 1. The average molecular weight is 346 g/mol. The summed E-state index contributed by atoms with van der Waals surface area (Å²) in [5.41, 5.74) is 2.82. The third kappa shape index (κ3) is 2.82. The molecule has 0 atom stereocenters. The van der Waals surface area contributed by atoms with E-state index in [-0.39, 0.29) is 17.4 Å². The molecule has 0 unspecified atom stereocenters. The van der Waals surface area contributed by atoms with Gasteiger partial charge >= 0.3 is 0 Å². The Labute approximate surface area is 141 Å². The molecule has 1 amide bonds. The third-order valence-electron chi connectivity index (χ3n) is 3.95. The number of hydrogen-bond donors (Lipinski definition) is 1. The fourth-order valence-corrected chi connectivity index (χ4v) is 3.85. The number of anilines is 2. The Bertz CT molecular complexity index is 922. The topological polar surface area (TPSA) is 75.7 Å².